The number of aromatic nitrogens is 3. The first-order chi connectivity index (χ1) is 18.0. The number of likely N-dealkylation sites (tertiary alicyclic amines) is 1. The van der Waals surface area contributed by atoms with Gasteiger partial charge in [0.2, 0.25) is 11.8 Å². The van der Waals surface area contributed by atoms with Gasteiger partial charge in [0, 0.05) is 36.2 Å². The predicted octanol–water partition coefficient (Wildman–Crippen LogP) is 3.60. The molecule has 1 aliphatic heterocycles. The van der Waals surface area contributed by atoms with Crippen LogP contribution < -0.4 is 10.1 Å². The van der Waals surface area contributed by atoms with Crippen LogP contribution in [0.25, 0.3) is 11.3 Å². The van der Waals surface area contributed by atoms with Crippen molar-refractivity contribution in [3.8, 4) is 17.1 Å². The molecule has 0 aromatic carbocycles. The van der Waals surface area contributed by atoms with Crippen molar-refractivity contribution in [2.45, 2.75) is 75.7 Å². The standard InChI is InChI=1S/C25H31F4N5O4/c1-3-16-10-14(22(35)31-15-4-7-24(37,8-5-15)25(27,28)29)6-9-34(16)23(36)20-12-19(32-33-20)17-11-21(38-2)30-13-18(17)26/h11-16,37H,3-10H2,1-2H3,(H,31,35)(H,32,33)/t14-,15-,16+,24-/m1/s1. The van der Waals surface area contributed by atoms with E-state index in [4.69, 9.17) is 4.74 Å². The highest BCUT2D eigenvalue weighted by Crippen LogP contribution is 2.41. The molecule has 2 atom stereocenters. The van der Waals surface area contributed by atoms with E-state index in [9.17, 15) is 32.3 Å². The number of aromatic amines is 1. The molecule has 1 saturated heterocycles. The van der Waals surface area contributed by atoms with Gasteiger partial charge in [0.05, 0.1) is 19.0 Å². The number of nitrogens with zero attached hydrogens (tertiary/aromatic N) is 3. The van der Waals surface area contributed by atoms with Crippen molar-refractivity contribution in [3.05, 3.63) is 29.8 Å². The molecule has 3 N–H and O–H groups in total. The Morgan fingerprint density at radius 3 is 2.61 bits per heavy atom. The Morgan fingerprint density at radius 1 is 1.26 bits per heavy atom. The lowest BCUT2D eigenvalue weighted by molar-refractivity contribution is -0.270. The molecule has 38 heavy (non-hydrogen) atoms. The van der Waals surface area contributed by atoms with Gasteiger partial charge in [0.25, 0.3) is 5.91 Å². The van der Waals surface area contributed by atoms with Crippen LogP contribution in [0.3, 0.4) is 0 Å². The monoisotopic (exact) mass is 541 g/mol. The van der Waals surface area contributed by atoms with Crippen LogP contribution >= 0.6 is 0 Å². The van der Waals surface area contributed by atoms with E-state index in [2.05, 4.69) is 20.5 Å². The van der Waals surface area contributed by atoms with Crippen LogP contribution in [-0.2, 0) is 4.79 Å². The van der Waals surface area contributed by atoms with Crippen LogP contribution in [0.4, 0.5) is 17.6 Å². The number of carbonyl (C=O) groups excluding carboxylic acids is 2. The van der Waals surface area contributed by atoms with E-state index in [1.165, 1.54) is 19.2 Å². The number of nitrogens with one attached hydrogen (secondary N) is 2. The van der Waals surface area contributed by atoms with E-state index in [1.54, 1.807) is 4.90 Å². The molecular weight excluding hydrogens is 510 g/mol. The first-order valence-corrected chi connectivity index (χ1v) is 12.6. The van der Waals surface area contributed by atoms with Gasteiger partial charge in [0.15, 0.2) is 17.1 Å². The number of alkyl halides is 3. The predicted molar refractivity (Wildman–Crippen MR) is 128 cm³/mol. The van der Waals surface area contributed by atoms with Gasteiger partial charge >= 0.3 is 6.18 Å². The second kappa shape index (κ2) is 10.9. The van der Waals surface area contributed by atoms with Crippen LogP contribution in [0, 0.1) is 11.7 Å². The molecule has 2 aliphatic rings. The summed E-state index contributed by atoms with van der Waals surface area (Å²) in [4.78, 5) is 31.6. The van der Waals surface area contributed by atoms with Gasteiger partial charge in [-0.3, -0.25) is 14.7 Å². The molecule has 2 aromatic heterocycles. The number of amides is 2. The number of piperidine rings is 1. The summed E-state index contributed by atoms with van der Waals surface area (Å²) in [7, 11) is 1.41. The Morgan fingerprint density at radius 2 is 1.97 bits per heavy atom. The van der Waals surface area contributed by atoms with E-state index in [1.807, 2.05) is 6.92 Å². The molecule has 9 nitrogen and oxygen atoms in total. The molecule has 0 unspecified atom stereocenters. The fourth-order valence-corrected chi connectivity index (χ4v) is 5.24. The Balaban J connectivity index is 1.36. The SMILES string of the molecule is CC[C@H]1C[C@H](C(=O)N[C@H]2CC[C@@](O)(C(F)(F)F)CC2)CCN1C(=O)c1cc(-c2cc(OC)ncc2F)[nH]n1. The van der Waals surface area contributed by atoms with Crippen molar-refractivity contribution in [1.82, 2.24) is 25.4 Å². The lowest BCUT2D eigenvalue weighted by Crippen LogP contribution is -2.53. The molecule has 4 rings (SSSR count). The highest BCUT2D eigenvalue weighted by atomic mass is 19.4. The van der Waals surface area contributed by atoms with Gasteiger partial charge < -0.3 is 20.1 Å². The van der Waals surface area contributed by atoms with Gasteiger partial charge in [-0.2, -0.15) is 18.3 Å². The minimum Gasteiger partial charge on any atom is -0.481 e. The normalized spacial score (nSPS) is 26.2. The second-order valence-electron chi connectivity index (χ2n) is 9.97. The summed E-state index contributed by atoms with van der Waals surface area (Å²) in [5.74, 6) is -1.38. The van der Waals surface area contributed by atoms with Crippen molar-refractivity contribution >= 4 is 11.8 Å². The molecule has 2 fully saturated rings. The van der Waals surface area contributed by atoms with E-state index < -0.39 is 36.5 Å². The first kappa shape index (κ1) is 27.8. The quantitative estimate of drug-likeness (QED) is 0.481. The zero-order valence-electron chi connectivity index (χ0n) is 21.1. The molecule has 208 valence electrons. The Kier molecular flexibility index (Phi) is 7.96. The van der Waals surface area contributed by atoms with Gasteiger partial charge in [0.1, 0.15) is 0 Å². The number of hydrogen-bond acceptors (Lipinski definition) is 6. The van der Waals surface area contributed by atoms with Crippen molar-refractivity contribution in [2.24, 2.45) is 5.92 Å². The summed E-state index contributed by atoms with van der Waals surface area (Å²) in [6, 6.07) is 2.18. The van der Waals surface area contributed by atoms with Crippen molar-refractivity contribution in [3.63, 3.8) is 0 Å². The summed E-state index contributed by atoms with van der Waals surface area (Å²) in [6.07, 6.45) is -3.11. The minimum absolute atomic E-state index is 0.0434. The summed E-state index contributed by atoms with van der Waals surface area (Å²) in [6.45, 7) is 2.20. The molecule has 2 amide bonds. The van der Waals surface area contributed by atoms with E-state index in [0.29, 0.717) is 31.5 Å². The maximum atomic E-state index is 14.3. The minimum atomic E-state index is -4.69. The summed E-state index contributed by atoms with van der Waals surface area (Å²) in [5, 5.41) is 19.4. The number of H-pyrrole nitrogens is 1. The van der Waals surface area contributed by atoms with Gasteiger partial charge in [-0.05, 0) is 51.0 Å². The first-order valence-electron chi connectivity index (χ1n) is 12.6. The van der Waals surface area contributed by atoms with Crippen LogP contribution in [0.15, 0.2) is 18.3 Å². The van der Waals surface area contributed by atoms with Gasteiger partial charge in [-0.25, -0.2) is 9.37 Å². The number of methoxy groups -OCH3 is 1. The lowest BCUT2D eigenvalue weighted by atomic mass is 9.81. The zero-order chi connectivity index (χ0) is 27.7. The smallest absolute Gasteiger partial charge is 0.417 e. The van der Waals surface area contributed by atoms with Crippen molar-refractivity contribution in [2.75, 3.05) is 13.7 Å². The molecule has 0 spiro atoms. The lowest BCUT2D eigenvalue weighted by Gasteiger charge is -2.40. The maximum Gasteiger partial charge on any atom is 0.417 e. The maximum absolute atomic E-state index is 14.3. The third-order valence-corrected chi connectivity index (χ3v) is 7.63. The molecule has 0 radical (unpaired) electrons. The number of pyridine rings is 1. The largest absolute Gasteiger partial charge is 0.481 e. The van der Waals surface area contributed by atoms with Crippen LogP contribution in [0.5, 0.6) is 5.88 Å². The topological polar surface area (TPSA) is 120 Å². The van der Waals surface area contributed by atoms with E-state index in [-0.39, 0.29) is 53.8 Å². The molecule has 2 aromatic rings. The van der Waals surface area contributed by atoms with Crippen LogP contribution in [0.2, 0.25) is 0 Å². The third-order valence-electron chi connectivity index (χ3n) is 7.63. The van der Waals surface area contributed by atoms with Crippen molar-refractivity contribution < 1.29 is 37.0 Å². The average Bonchev–Trinajstić information content (AvgIpc) is 3.39. The molecule has 1 saturated carbocycles. The fourth-order valence-electron chi connectivity index (χ4n) is 5.24. The molecular formula is C25H31F4N5O4. The number of rotatable bonds is 6. The summed E-state index contributed by atoms with van der Waals surface area (Å²) >= 11 is 0. The Bertz CT molecular complexity index is 1160. The van der Waals surface area contributed by atoms with Gasteiger partial charge in [-0.1, -0.05) is 6.92 Å². The average molecular weight is 542 g/mol. The summed E-state index contributed by atoms with van der Waals surface area (Å²) < 4.78 is 58.5. The highest BCUT2D eigenvalue weighted by molar-refractivity contribution is 5.94. The van der Waals surface area contributed by atoms with Crippen LogP contribution in [0.1, 0.15) is 62.4 Å². The van der Waals surface area contributed by atoms with E-state index in [0.717, 1.165) is 6.20 Å². The molecule has 3 heterocycles. The highest BCUT2D eigenvalue weighted by Gasteiger charge is 2.54. The van der Waals surface area contributed by atoms with Gasteiger partial charge in [-0.15, -0.1) is 0 Å². The Hall–Kier alpha value is -3.22. The zero-order valence-corrected chi connectivity index (χ0v) is 21.1. The fraction of sp³-hybridized carbons (Fsp3) is 0.600. The van der Waals surface area contributed by atoms with Crippen molar-refractivity contribution in [1.29, 1.82) is 0 Å². The second-order valence-corrected chi connectivity index (χ2v) is 9.97. The van der Waals surface area contributed by atoms with Crippen LogP contribution in [-0.4, -0.2) is 74.5 Å². The number of aliphatic hydroxyl groups is 1. The number of hydrogen-bond donors (Lipinski definition) is 3. The molecule has 13 heteroatoms. The number of halogens is 4. The number of ether oxygens (including phenoxy) is 1. The van der Waals surface area contributed by atoms with E-state index >= 15 is 0 Å². The molecule has 0 bridgehead atoms. The number of carbonyl (C=O) groups is 2. The summed E-state index contributed by atoms with van der Waals surface area (Å²) in [5.41, 5.74) is -2.15. The Labute approximate surface area is 217 Å². The third kappa shape index (κ3) is 5.62. The molecule has 1 aliphatic carbocycles.